The molecule has 3 rings (SSSR count). The van der Waals surface area contributed by atoms with Crippen LogP contribution in [0.3, 0.4) is 0 Å². The predicted molar refractivity (Wildman–Crippen MR) is 77.7 cm³/mol. The van der Waals surface area contributed by atoms with E-state index < -0.39 is 11.7 Å². The molecule has 0 saturated heterocycles. The lowest BCUT2D eigenvalue weighted by Gasteiger charge is -2.16. The Bertz CT molecular complexity index is 708. The Labute approximate surface area is 124 Å². The van der Waals surface area contributed by atoms with Gasteiger partial charge in [0.25, 0.3) is 11.7 Å². The van der Waals surface area contributed by atoms with Gasteiger partial charge in [-0.1, -0.05) is 6.07 Å². The molecule has 1 aromatic heterocycles. The average Bonchev–Trinajstić information content (AvgIpc) is 2.93. The zero-order valence-electron chi connectivity index (χ0n) is 10.8. The number of carbonyl (C=O) groups excluding carboxylic acids is 2. The van der Waals surface area contributed by atoms with Crippen molar-refractivity contribution in [1.29, 1.82) is 0 Å². The van der Waals surface area contributed by atoms with Gasteiger partial charge in [0.1, 0.15) is 5.82 Å². The molecule has 6 heteroatoms. The summed E-state index contributed by atoms with van der Waals surface area (Å²) in [5.74, 6) is -0.0397. The normalized spacial score (nSPS) is 14.0. The lowest BCUT2D eigenvalue weighted by molar-refractivity contribution is -0.114. The molecule has 2 heterocycles. The second-order valence-corrected chi connectivity index (χ2v) is 5.48. The number of nitrogens with zero attached hydrogens (tertiary/aromatic N) is 3. The number of hydrogen-bond acceptors (Lipinski definition) is 3. The summed E-state index contributed by atoms with van der Waals surface area (Å²) < 4.78 is 2.57. The Morgan fingerprint density at radius 2 is 2.10 bits per heavy atom. The molecule has 0 aliphatic carbocycles. The van der Waals surface area contributed by atoms with Gasteiger partial charge in [0.05, 0.1) is 11.3 Å². The fourth-order valence-corrected chi connectivity index (χ4v) is 2.91. The van der Waals surface area contributed by atoms with Crippen LogP contribution in [0.25, 0.3) is 0 Å². The Morgan fingerprint density at radius 3 is 2.80 bits per heavy atom. The fraction of sp³-hybridized carbons (Fsp3) is 0.214. The molecule has 0 radical (unpaired) electrons. The van der Waals surface area contributed by atoms with Crippen LogP contribution in [-0.2, 0) is 18.3 Å². The molecular weight excluding hydrogens is 322 g/mol. The number of amides is 1. The van der Waals surface area contributed by atoms with Crippen molar-refractivity contribution < 1.29 is 9.59 Å². The third-order valence-electron chi connectivity index (χ3n) is 3.43. The summed E-state index contributed by atoms with van der Waals surface area (Å²) in [5.41, 5.74) is 1.13. The molecule has 1 aromatic carbocycles. The summed E-state index contributed by atoms with van der Waals surface area (Å²) in [4.78, 5) is 29.9. The number of rotatable bonds is 3. The number of ketones is 1. The minimum Gasteiger partial charge on any atom is -0.338 e. The summed E-state index contributed by atoms with van der Waals surface area (Å²) >= 11 is 3.33. The van der Waals surface area contributed by atoms with Crippen LogP contribution in [-0.4, -0.2) is 27.8 Å². The van der Waals surface area contributed by atoms with Crippen molar-refractivity contribution in [2.45, 2.75) is 6.42 Å². The largest absolute Gasteiger partial charge is 0.338 e. The number of aromatic nitrogens is 2. The van der Waals surface area contributed by atoms with Crippen molar-refractivity contribution in [1.82, 2.24) is 9.55 Å². The van der Waals surface area contributed by atoms with Gasteiger partial charge in [-0.2, -0.15) is 0 Å². The second-order valence-electron chi connectivity index (χ2n) is 4.62. The van der Waals surface area contributed by atoms with Gasteiger partial charge in [-0.05, 0) is 28.1 Å². The molecule has 0 N–H and O–H groups in total. The van der Waals surface area contributed by atoms with E-state index in [0.717, 1.165) is 5.82 Å². The summed E-state index contributed by atoms with van der Waals surface area (Å²) in [6.07, 6.45) is 4.18. The van der Waals surface area contributed by atoms with E-state index in [1.165, 1.54) is 4.90 Å². The van der Waals surface area contributed by atoms with Crippen LogP contribution in [0.2, 0.25) is 0 Å². The number of halogens is 1. The van der Waals surface area contributed by atoms with E-state index in [0.29, 0.717) is 28.7 Å². The number of anilines is 1. The topological polar surface area (TPSA) is 55.2 Å². The number of benzene rings is 1. The van der Waals surface area contributed by atoms with E-state index in [4.69, 9.17) is 0 Å². The lowest BCUT2D eigenvalue weighted by Crippen LogP contribution is -2.32. The number of carbonyl (C=O) groups is 2. The molecule has 5 nitrogen and oxygen atoms in total. The fourth-order valence-electron chi connectivity index (χ4n) is 2.37. The number of hydrogen-bond donors (Lipinski definition) is 0. The number of imidazole rings is 1. The van der Waals surface area contributed by atoms with E-state index in [1.54, 1.807) is 18.3 Å². The van der Waals surface area contributed by atoms with E-state index in [-0.39, 0.29) is 0 Å². The highest BCUT2D eigenvalue weighted by molar-refractivity contribution is 9.10. The van der Waals surface area contributed by atoms with Crippen LogP contribution in [0, 0.1) is 0 Å². The molecule has 102 valence electrons. The van der Waals surface area contributed by atoms with E-state index in [2.05, 4.69) is 20.9 Å². The Balaban J connectivity index is 1.88. The van der Waals surface area contributed by atoms with Crippen molar-refractivity contribution >= 4 is 33.3 Å². The molecule has 0 saturated carbocycles. The first-order chi connectivity index (χ1) is 9.59. The maximum absolute atomic E-state index is 12.1. The molecule has 0 atom stereocenters. The first kappa shape index (κ1) is 13.1. The molecule has 0 unspecified atom stereocenters. The molecule has 0 bridgehead atoms. The van der Waals surface area contributed by atoms with Crippen LogP contribution >= 0.6 is 15.9 Å². The van der Waals surface area contributed by atoms with Crippen LogP contribution in [0.4, 0.5) is 5.69 Å². The maximum Gasteiger partial charge on any atom is 0.299 e. The van der Waals surface area contributed by atoms with Gasteiger partial charge >= 0.3 is 0 Å². The van der Waals surface area contributed by atoms with Gasteiger partial charge < -0.3 is 9.47 Å². The molecule has 1 aliphatic heterocycles. The maximum atomic E-state index is 12.1. The predicted octanol–water partition coefficient (Wildman–Crippen LogP) is 1.95. The summed E-state index contributed by atoms with van der Waals surface area (Å²) in [6.45, 7) is 0.443. The Morgan fingerprint density at radius 1 is 1.30 bits per heavy atom. The average molecular weight is 334 g/mol. The molecule has 0 fully saturated rings. The Hall–Kier alpha value is -1.95. The third kappa shape index (κ3) is 1.96. The van der Waals surface area contributed by atoms with Crippen molar-refractivity contribution in [3.8, 4) is 0 Å². The molecule has 0 spiro atoms. The van der Waals surface area contributed by atoms with Crippen molar-refractivity contribution in [2.24, 2.45) is 7.05 Å². The standard InChI is InChI=1S/C14H12BrN3O2/c1-17-8-6-16-11(17)5-7-18-10-4-2-3-9(15)12(10)13(19)14(18)20/h2-4,6,8H,5,7H2,1H3. The Kier molecular flexibility index (Phi) is 3.17. The zero-order chi connectivity index (χ0) is 14.3. The van der Waals surface area contributed by atoms with E-state index in [9.17, 15) is 9.59 Å². The highest BCUT2D eigenvalue weighted by Gasteiger charge is 2.36. The van der Waals surface area contributed by atoms with Gasteiger partial charge in [-0.15, -0.1) is 0 Å². The van der Waals surface area contributed by atoms with Gasteiger partial charge in [0.2, 0.25) is 0 Å². The van der Waals surface area contributed by atoms with Crippen LogP contribution in [0.1, 0.15) is 16.2 Å². The number of Topliss-reactive ketones (excluding diaryl/α,β-unsaturated/α-hetero) is 1. The van der Waals surface area contributed by atoms with Crippen molar-refractivity contribution in [3.05, 3.63) is 46.5 Å². The van der Waals surface area contributed by atoms with Gasteiger partial charge in [0, 0.05) is 36.9 Å². The molecule has 1 aliphatic rings. The first-order valence-corrected chi connectivity index (χ1v) is 7.00. The quantitative estimate of drug-likeness (QED) is 0.807. The van der Waals surface area contributed by atoms with E-state index >= 15 is 0 Å². The second kappa shape index (κ2) is 4.86. The SMILES string of the molecule is Cn1ccnc1CCN1C(=O)C(=O)c2c(Br)cccc21. The minimum atomic E-state index is -0.471. The third-order valence-corrected chi connectivity index (χ3v) is 4.09. The first-order valence-electron chi connectivity index (χ1n) is 6.20. The molecule has 2 aromatic rings. The smallest absolute Gasteiger partial charge is 0.299 e. The zero-order valence-corrected chi connectivity index (χ0v) is 12.4. The summed E-state index contributed by atoms with van der Waals surface area (Å²) in [5, 5.41) is 0. The van der Waals surface area contributed by atoms with Crippen LogP contribution in [0.15, 0.2) is 35.1 Å². The van der Waals surface area contributed by atoms with Gasteiger partial charge in [-0.25, -0.2) is 4.98 Å². The van der Waals surface area contributed by atoms with Crippen LogP contribution < -0.4 is 4.90 Å². The molecule has 1 amide bonds. The number of aryl methyl sites for hydroxylation is 1. The summed E-state index contributed by atoms with van der Waals surface area (Å²) in [7, 11) is 1.91. The van der Waals surface area contributed by atoms with E-state index in [1.807, 2.05) is 23.9 Å². The molecular formula is C14H12BrN3O2. The minimum absolute atomic E-state index is 0.443. The number of fused-ring (bicyclic) bond motifs is 1. The monoisotopic (exact) mass is 333 g/mol. The van der Waals surface area contributed by atoms with Gasteiger partial charge in [0.15, 0.2) is 0 Å². The lowest BCUT2D eigenvalue weighted by atomic mass is 10.1. The van der Waals surface area contributed by atoms with Crippen molar-refractivity contribution in [3.63, 3.8) is 0 Å². The van der Waals surface area contributed by atoms with Crippen molar-refractivity contribution in [2.75, 3.05) is 11.4 Å². The summed E-state index contributed by atoms with van der Waals surface area (Å²) in [6, 6.07) is 5.39. The highest BCUT2D eigenvalue weighted by atomic mass is 79.9. The van der Waals surface area contributed by atoms with Crippen LogP contribution in [0.5, 0.6) is 0 Å². The highest BCUT2D eigenvalue weighted by Crippen LogP contribution is 2.34. The van der Waals surface area contributed by atoms with Gasteiger partial charge in [-0.3, -0.25) is 9.59 Å². The molecule has 20 heavy (non-hydrogen) atoms.